The number of hydrogen-bond donors (Lipinski definition) is 1. The highest BCUT2D eigenvalue weighted by Crippen LogP contribution is 2.44. The van der Waals surface area contributed by atoms with E-state index in [0.29, 0.717) is 22.6 Å². The number of methoxy groups -OCH3 is 2. The maximum absolute atomic E-state index is 6.79. The highest BCUT2D eigenvalue weighted by molar-refractivity contribution is 6.35. The molecule has 31 heavy (non-hydrogen) atoms. The zero-order valence-corrected chi connectivity index (χ0v) is 19.2. The van der Waals surface area contributed by atoms with E-state index in [4.69, 9.17) is 31.8 Å². The molecule has 4 rings (SSSR count). The standard InChI is InChI=1S/C22H27ClN6O2/c1-6-14-16(30-4)8-17(31-5)19(23)18(14)15-7-12-9-25-22(24)27-20(12)21(26-15)29-10-13(11-29)28(2)3/h7-9,13H,6,10-11H2,1-5H3,(H2,24,25,27). The first-order chi connectivity index (χ1) is 14.9. The van der Waals surface area contributed by atoms with Crippen LogP contribution in [-0.2, 0) is 6.42 Å². The third-order valence-corrected chi connectivity index (χ3v) is 6.18. The van der Waals surface area contributed by atoms with Crippen molar-refractivity contribution in [2.24, 2.45) is 0 Å². The molecule has 1 aliphatic rings. The van der Waals surface area contributed by atoms with Gasteiger partial charge in [-0.15, -0.1) is 0 Å². The Morgan fingerprint density at radius 1 is 1.16 bits per heavy atom. The number of aromatic nitrogens is 3. The summed E-state index contributed by atoms with van der Waals surface area (Å²) in [5, 5.41) is 1.35. The zero-order chi connectivity index (χ0) is 22.3. The van der Waals surface area contributed by atoms with Gasteiger partial charge in [0.25, 0.3) is 0 Å². The molecule has 3 heterocycles. The minimum absolute atomic E-state index is 0.225. The maximum atomic E-state index is 6.79. The van der Waals surface area contributed by atoms with Crippen LogP contribution in [0.5, 0.6) is 11.5 Å². The molecule has 0 atom stereocenters. The lowest BCUT2D eigenvalue weighted by Gasteiger charge is -2.43. The van der Waals surface area contributed by atoms with E-state index < -0.39 is 0 Å². The fourth-order valence-corrected chi connectivity index (χ4v) is 4.28. The molecular weight excluding hydrogens is 416 g/mol. The summed E-state index contributed by atoms with van der Waals surface area (Å²) >= 11 is 6.79. The van der Waals surface area contributed by atoms with Gasteiger partial charge in [0.15, 0.2) is 5.82 Å². The van der Waals surface area contributed by atoms with Gasteiger partial charge in [-0.25, -0.2) is 15.0 Å². The third-order valence-electron chi connectivity index (χ3n) is 5.80. The van der Waals surface area contributed by atoms with Crippen molar-refractivity contribution in [3.63, 3.8) is 0 Å². The van der Waals surface area contributed by atoms with Gasteiger partial charge < -0.3 is 25.0 Å². The molecule has 2 N–H and O–H groups in total. The Balaban J connectivity index is 1.95. The molecule has 1 saturated heterocycles. The third kappa shape index (κ3) is 3.70. The predicted octanol–water partition coefficient (Wildman–Crippen LogP) is 3.26. The summed E-state index contributed by atoms with van der Waals surface area (Å²) in [5.41, 5.74) is 9.12. The van der Waals surface area contributed by atoms with Crippen molar-refractivity contribution < 1.29 is 9.47 Å². The molecule has 2 aromatic heterocycles. The number of likely N-dealkylation sites (N-methyl/N-ethyl adjacent to an activating group) is 1. The van der Waals surface area contributed by atoms with Gasteiger partial charge >= 0.3 is 0 Å². The van der Waals surface area contributed by atoms with Gasteiger partial charge in [-0.2, -0.15) is 0 Å². The van der Waals surface area contributed by atoms with Crippen LogP contribution in [0.1, 0.15) is 12.5 Å². The number of halogens is 1. The number of benzene rings is 1. The van der Waals surface area contributed by atoms with Gasteiger partial charge in [0, 0.05) is 47.9 Å². The van der Waals surface area contributed by atoms with Crippen molar-refractivity contribution >= 4 is 34.3 Å². The van der Waals surface area contributed by atoms with Gasteiger partial charge in [-0.3, -0.25) is 0 Å². The predicted molar refractivity (Wildman–Crippen MR) is 124 cm³/mol. The summed E-state index contributed by atoms with van der Waals surface area (Å²) in [6, 6.07) is 4.22. The number of anilines is 2. The summed E-state index contributed by atoms with van der Waals surface area (Å²) in [5.74, 6) is 2.26. The molecule has 3 aromatic rings. The lowest BCUT2D eigenvalue weighted by molar-refractivity contribution is 0.246. The van der Waals surface area contributed by atoms with Crippen molar-refractivity contribution in [3.05, 3.63) is 28.9 Å². The molecule has 0 bridgehead atoms. The van der Waals surface area contributed by atoms with Gasteiger partial charge in [0.1, 0.15) is 17.0 Å². The van der Waals surface area contributed by atoms with Crippen LogP contribution in [0.3, 0.4) is 0 Å². The molecule has 0 radical (unpaired) electrons. The summed E-state index contributed by atoms with van der Waals surface area (Å²) < 4.78 is 11.1. The Kier molecular flexibility index (Phi) is 5.77. The molecule has 8 nitrogen and oxygen atoms in total. The smallest absolute Gasteiger partial charge is 0.220 e. The SMILES string of the molecule is CCc1c(OC)cc(OC)c(Cl)c1-c1cc2cnc(N)nc2c(N2CC(N(C)C)C2)n1. The minimum atomic E-state index is 0.225. The second kappa shape index (κ2) is 8.36. The Bertz CT molecular complexity index is 1130. The molecule has 0 unspecified atom stereocenters. The number of rotatable bonds is 6. The molecule has 1 aromatic carbocycles. The van der Waals surface area contributed by atoms with Crippen molar-refractivity contribution in [2.45, 2.75) is 19.4 Å². The Morgan fingerprint density at radius 3 is 2.48 bits per heavy atom. The Labute approximate surface area is 186 Å². The number of ether oxygens (including phenoxy) is 2. The molecular formula is C22H27ClN6O2. The first kappa shape index (κ1) is 21.4. The summed E-state index contributed by atoms with van der Waals surface area (Å²) in [6.07, 6.45) is 2.45. The molecule has 1 fully saturated rings. The molecule has 164 valence electrons. The van der Waals surface area contributed by atoms with Crippen LogP contribution in [0.15, 0.2) is 18.3 Å². The fourth-order valence-electron chi connectivity index (χ4n) is 3.94. The molecule has 9 heteroatoms. The van der Waals surface area contributed by atoms with E-state index in [1.807, 2.05) is 12.1 Å². The average Bonchev–Trinajstić information content (AvgIpc) is 2.71. The van der Waals surface area contributed by atoms with E-state index in [9.17, 15) is 0 Å². The van der Waals surface area contributed by atoms with E-state index in [-0.39, 0.29) is 5.95 Å². The number of fused-ring (bicyclic) bond motifs is 1. The van der Waals surface area contributed by atoms with Crippen LogP contribution < -0.4 is 20.1 Å². The Hall–Kier alpha value is -2.84. The first-order valence-electron chi connectivity index (χ1n) is 10.2. The van der Waals surface area contributed by atoms with Crippen molar-refractivity contribution in [1.29, 1.82) is 0 Å². The van der Waals surface area contributed by atoms with Crippen LogP contribution in [0.4, 0.5) is 11.8 Å². The van der Waals surface area contributed by atoms with Gasteiger partial charge in [-0.05, 0) is 26.6 Å². The minimum Gasteiger partial charge on any atom is -0.496 e. The van der Waals surface area contributed by atoms with Gasteiger partial charge in [0.05, 0.1) is 24.9 Å². The fraction of sp³-hybridized carbons (Fsp3) is 0.409. The maximum Gasteiger partial charge on any atom is 0.220 e. The van der Waals surface area contributed by atoms with Crippen molar-refractivity contribution in [2.75, 3.05) is 52.0 Å². The van der Waals surface area contributed by atoms with Gasteiger partial charge in [0.2, 0.25) is 5.95 Å². The van der Waals surface area contributed by atoms with Crippen molar-refractivity contribution in [3.8, 4) is 22.8 Å². The van der Waals surface area contributed by atoms with Crippen LogP contribution in [0.25, 0.3) is 22.2 Å². The van der Waals surface area contributed by atoms with E-state index in [1.165, 1.54) is 0 Å². The summed E-state index contributed by atoms with van der Waals surface area (Å²) in [7, 11) is 7.40. The zero-order valence-electron chi connectivity index (χ0n) is 18.4. The van der Waals surface area contributed by atoms with Crippen LogP contribution in [0, 0.1) is 0 Å². The lowest BCUT2D eigenvalue weighted by Crippen LogP contribution is -2.57. The lowest BCUT2D eigenvalue weighted by atomic mass is 9.98. The quantitative estimate of drug-likeness (QED) is 0.622. The largest absolute Gasteiger partial charge is 0.496 e. The number of nitrogens with two attached hydrogens (primary N) is 1. The van der Waals surface area contributed by atoms with E-state index >= 15 is 0 Å². The number of nitrogen functional groups attached to an aromatic ring is 1. The van der Waals surface area contributed by atoms with E-state index in [2.05, 4.69) is 40.8 Å². The second-order valence-electron chi connectivity index (χ2n) is 7.82. The Morgan fingerprint density at radius 2 is 1.87 bits per heavy atom. The van der Waals surface area contributed by atoms with E-state index in [0.717, 1.165) is 53.1 Å². The summed E-state index contributed by atoms with van der Waals surface area (Å²) in [6.45, 7) is 3.78. The van der Waals surface area contributed by atoms with E-state index in [1.54, 1.807) is 20.4 Å². The summed E-state index contributed by atoms with van der Waals surface area (Å²) in [4.78, 5) is 18.1. The number of nitrogens with zero attached hydrogens (tertiary/aromatic N) is 5. The number of hydrogen-bond acceptors (Lipinski definition) is 8. The number of pyridine rings is 1. The van der Waals surface area contributed by atoms with Gasteiger partial charge in [-0.1, -0.05) is 18.5 Å². The van der Waals surface area contributed by atoms with Crippen LogP contribution >= 0.6 is 11.6 Å². The average molecular weight is 443 g/mol. The molecule has 0 aliphatic carbocycles. The van der Waals surface area contributed by atoms with Crippen molar-refractivity contribution in [1.82, 2.24) is 19.9 Å². The molecule has 1 aliphatic heterocycles. The molecule has 0 saturated carbocycles. The highest BCUT2D eigenvalue weighted by Gasteiger charge is 2.32. The van der Waals surface area contributed by atoms with Crippen LogP contribution in [-0.4, -0.2) is 67.3 Å². The van der Waals surface area contributed by atoms with Crippen LogP contribution in [0.2, 0.25) is 5.02 Å². The highest BCUT2D eigenvalue weighted by atomic mass is 35.5. The first-order valence-corrected chi connectivity index (χ1v) is 10.5. The topological polar surface area (TPSA) is 89.6 Å². The second-order valence-corrected chi connectivity index (χ2v) is 8.20. The normalized spacial score (nSPS) is 14.2. The molecule has 0 amide bonds. The molecule has 0 spiro atoms. The monoisotopic (exact) mass is 442 g/mol.